The van der Waals surface area contributed by atoms with Gasteiger partial charge < -0.3 is 4.43 Å². The number of rotatable bonds is 6. The van der Waals surface area contributed by atoms with Crippen molar-refractivity contribution < 1.29 is 14.1 Å². The highest BCUT2D eigenvalue weighted by Crippen LogP contribution is 2.39. The molecule has 0 aliphatic carbocycles. The first kappa shape index (κ1) is 19.3. The monoisotopic (exact) mass is 301 g/mol. The maximum atomic E-state index is 12.3. The van der Waals surface area contributed by atoms with Crippen molar-refractivity contribution in [1.29, 1.82) is 0 Å². The fourth-order valence-electron chi connectivity index (χ4n) is 1.63. The average molecular weight is 302 g/mol. The predicted molar refractivity (Wildman–Crippen MR) is 85.8 cm³/mol. The van der Waals surface area contributed by atoms with Crippen LogP contribution in [0.2, 0.25) is 18.1 Å². The zero-order valence-electron chi connectivity index (χ0n) is 14.5. The molecule has 0 aliphatic rings. The second-order valence-corrected chi connectivity index (χ2v) is 11.7. The van der Waals surface area contributed by atoms with Crippen molar-refractivity contribution in [3.05, 3.63) is 12.2 Å². The first-order valence-electron chi connectivity index (χ1n) is 7.00. The molecule has 0 saturated carbocycles. The fraction of sp³-hybridized carbons (Fsp3) is 0.800. The Labute approximate surface area is 125 Å². The van der Waals surface area contributed by atoms with Crippen molar-refractivity contribution in [1.82, 2.24) is 5.06 Å². The summed E-state index contributed by atoms with van der Waals surface area (Å²) in [4.78, 5) is 17.2. The van der Waals surface area contributed by atoms with Gasteiger partial charge in [0.25, 0.3) is 5.91 Å². The van der Waals surface area contributed by atoms with E-state index < -0.39 is 8.32 Å². The summed E-state index contributed by atoms with van der Waals surface area (Å²) in [5.74, 6) is -0.411. The number of hydrogen-bond donors (Lipinski definition) is 0. The quantitative estimate of drug-likeness (QED) is 0.427. The van der Waals surface area contributed by atoms with Crippen LogP contribution in [0.1, 0.15) is 34.6 Å². The third kappa shape index (κ3) is 4.72. The minimum Gasteiger partial charge on any atom is -0.409 e. The Morgan fingerprint density at radius 3 is 2.05 bits per heavy atom. The van der Waals surface area contributed by atoms with Gasteiger partial charge in [-0.2, -0.15) is 0 Å². The molecule has 0 bridgehead atoms. The van der Waals surface area contributed by atoms with Gasteiger partial charge >= 0.3 is 0 Å². The normalized spacial score (nSPS) is 15.7. The van der Waals surface area contributed by atoms with Crippen molar-refractivity contribution >= 4 is 14.2 Å². The third-order valence-corrected chi connectivity index (χ3v) is 8.60. The summed E-state index contributed by atoms with van der Waals surface area (Å²) >= 11 is 0. The Morgan fingerprint density at radius 2 is 1.75 bits per heavy atom. The van der Waals surface area contributed by atoms with Gasteiger partial charge in [0.2, 0.25) is 0 Å². The van der Waals surface area contributed by atoms with Crippen LogP contribution in [0.5, 0.6) is 0 Å². The SMILES string of the molecule is C=C(C)[C@H](O[Si](C)(C)C(C)(C)C)[C@@H](C)C(=O)N(C)OC. The molecule has 4 nitrogen and oxygen atoms in total. The average Bonchev–Trinajstić information content (AvgIpc) is 2.31. The minimum absolute atomic E-state index is 0.0939. The van der Waals surface area contributed by atoms with E-state index in [9.17, 15) is 4.79 Å². The van der Waals surface area contributed by atoms with Gasteiger partial charge in [-0.3, -0.25) is 9.63 Å². The maximum Gasteiger partial charge on any atom is 0.251 e. The van der Waals surface area contributed by atoms with Gasteiger partial charge in [-0.1, -0.05) is 39.8 Å². The van der Waals surface area contributed by atoms with E-state index in [1.807, 2.05) is 13.8 Å². The third-order valence-electron chi connectivity index (χ3n) is 4.14. The van der Waals surface area contributed by atoms with Crippen LogP contribution in [-0.2, 0) is 14.1 Å². The zero-order valence-corrected chi connectivity index (χ0v) is 15.5. The van der Waals surface area contributed by atoms with Crippen molar-refractivity contribution in [3.8, 4) is 0 Å². The van der Waals surface area contributed by atoms with Crippen molar-refractivity contribution in [3.63, 3.8) is 0 Å². The molecule has 5 heteroatoms. The highest BCUT2D eigenvalue weighted by atomic mass is 28.4. The summed E-state index contributed by atoms with van der Waals surface area (Å²) in [6.45, 7) is 18.7. The van der Waals surface area contributed by atoms with Crippen molar-refractivity contribution in [2.45, 2.75) is 58.9 Å². The topological polar surface area (TPSA) is 38.8 Å². The van der Waals surface area contributed by atoms with E-state index in [0.29, 0.717) is 0 Å². The standard InChI is InChI=1S/C15H31NO3Si/c1-11(2)13(12(3)14(17)16(7)18-8)19-20(9,10)15(4,5)6/h12-13H,1H2,2-10H3/t12-,13+/m1/s1. The molecule has 0 saturated heterocycles. The Kier molecular flexibility index (Phi) is 6.65. The van der Waals surface area contributed by atoms with Gasteiger partial charge in [-0.25, -0.2) is 5.06 Å². The molecular weight excluding hydrogens is 270 g/mol. The summed E-state index contributed by atoms with van der Waals surface area (Å²) in [7, 11) is 1.14. The van der Waals surface area contributed by atoms with Crippen LogP contribution in [0.25, 0.3) is 0 Å². The molecule has 2 atom stereocenters. The number of carbonyl (C=O) groups excluding carboxylic acids is 1. The molecule has 0 aromatic heterocycles. The largest absolute Gasteiger partial charge is 0.409 e. The van der Waals surface area contributed by atoms with E-state index in [2.05, 4.69) is 40.4 Å². The summed E-state index contributed by atoms with van der Waals surface area (Å²) in [5, 5.41) is 1.34. The molecule has 0 fully saturated rings. The number of hydrogen-bond acceptors (Lipinski definition) is 3. The minimum atomic E-state index is -1.96. The van der Waals surface area contributed by atoms with E-state index in [-0.39, 0.29) is 23.0 Å². The second-order valence-electron chi connectivity index (χ2n) is 6.95. The number of carbonyl (C=O) groups is 1. The summed E-state index contributed by atoms with van der Waals surface area (Å²) in [5.41, 5.74) is 0.875. The van der Waals surface area contributed by atoms with Crippen LogP contribution in [0, 0.1) is 5.92 Å². The van der Waals surface area contributed by atoms with Crippen molar-refractivity contribution in [2.75, 3.05) is 14.2 Å². The van der Waals surface area contributed by atoms with Gasteiger partial charge in [-0.05, 0) is 25.1 Å². The van der Waals surface area contributed by atoms with Gasteiger partial charge in [-0.15, -0.1) is 0 Å². The molecule has 0 aromatic rings. The first-order chi connectivity index (χ1) is 8.85. The van der Waals surface area contributed by atoms with Gasteiger partial charge in [0.1, 0.15) is 0 Å². The van der Waals surface area contributed by atoms with Crippen molar-refractivity contribution in [2.24, 2.45) is 5.92 Å². The molecule has 1 amide bonds. The van der Waals surface area contributed by atoms with Gasteiger partial charge in [0, 0.05) is 7.05 Å². The lowest BCUT2D eigenvalue weighted by atomic mass is 9.99. The maximum absolute atomic E-state index is 12.3. The van der Waals surface area contributed by atoms with E-state index >= 15 is 0 Å². The lowest BCUT2D eigenvalue weighted by Gasteiger charge is -2.41. The Bertz CT molecular complexity index is 361. The van der Waals surface area contributed by atoms with Crippen LogP contribution in [0.15, 0.2) is 12.2 Å². The lowest BCUT2D eigenvalue weighted by Crippen LogP contribution is -2.48. The highest BCUT2D eigenvalue weighted by molar-refractivity contribution is 6.74. The summed E-state index contributed by atoms with van der Waals surface area (Å²) in [6, 6.07) is 0. The lowest BCUT2D eigenvalue weighted by molar-refractivity contribution is -0.175. The Balaban J connectivity index is 5.19. The van der Waals surface area contributed by atoms with Gasteiger partial charge in [0.15, 0.2) is 8.32 Å². The molecule has 20 heavy (non-hydrogen) atoms. The van der Waals surface area contributed by atoms with E-state index in [4.69, 9.17) is 9.26 Å². The summed E-state index contributed by atoms with van der Waals surface area (Å²) < 4.78 is 6.38. The van der Waals surface area contributed by atoms with E-state index in [1.165, 1.54) is 12.2 Å². The number of hydroxylamine groups is 2. The first-order valence-corrected chi connectivity index (χ1v) is 9.91. The number of nitrogens with zero attached hydrogens (tertiary/aromatic N) is 1. The summed E-state index contributed by atoms with van der Waals surface area (Å²) in [6.07, 6.45) is -0.277. The van der Waals surface area contributed by atoms with Crippen LogP contribution in [0.3, 0.4) is 0 Å². The second kappa shape index (κ2) is 6.87. The zero-order chi connectivity index (χ0) is 16.3. The molecule has 0 spiro atoms. The van der Waals surface area contributed by atoms with E-state index in [1.54, 1.807) is 7.05 Å². The molecule has 0 unspecified atom stereocenters. The number of amides is 1. The Hall–Kier alpha value is -0.653. The molecule has 0 heterocycles. The molecule has 0 rings (SSSR count). The van der Waals surface area contributed by atoms with Crippen LogP contribution >= 0.6 is 0 Å². The van der Waals surface area contributed by atoms with E-state index in [0.717, 1.165) is 5.57 Å². The van der Waals surface area contributed by atoms with Crippen LogP contribution in [-0.4, -0.2) is 39.5 Å². The Morgan fingerprint density at radius 1 is 1.30 bits per heavy atom. The molecule has 0 radical (unpaired) electrons. The predicted octanol–water partition coefficient (Wildman–Crippen LogP) is 3.61. The van der Waals surface area contributed by atoms with Crippen LogP contribution in [0.4, 0.5) is 0 Å². The van der Waals surface area contributed by atoms with Crippen LogP contribution < -0.4 is 0 Å². The molecule has 118 valence electrons. The molecular formula is C15H31NO3Si. The fourth-order valence-corrected chi connectivity index (χ4v) is 3.02. The smallest absolute Gasteiger partial charge is 0.251 e. The highest BCUT2D eigenvalue weighted by Gasteiger charge is 2.41. The molecule has 0 aliphatic heterocycles. The molecule has 0 N–H and O–H groups in total. The van der Waals surface area contributed by atoms with Gasteiger partial charge in [0.05, 0.1) is 19.1 Å². The molecule has 0 aromatic carbocycles.